The van der Waals surface area contributed by atoms with Crippen LogP contribution in [0.3, 0.4) is 0 Å². The van der Waals surface area contributed by atoms with Crippen molar-refractivity contribution in [2.45, 2.75) is 19.0 Å². The Kier molecular flexibility index (Phi) is 9.63. The molecule has 130 valence electrons. The number of hydrogen-bond donors (Lipinski definition) is 0. The second kappa shape index (κ2) is 11.2. The van der Waals surface area contributed by atoms with Crippen molar-refractivity contribution in [3.63, 3.8) is 0 Å². The van der Waals surface area contributed by atoms with E-state index in [4.69, 9.17) is 9.47 Å². The van der Waals surface area contributed by atoms with Crippen molar-refractivity contribution in [3.8, 4) is 11.5 Å². The molecule has 5 heteroatoms. The topological polar surface area (TPSA) is 18.5 Å². The van der Waals surface area contributed by atoms with Gasteiger partial charge in [0.25, 0.3) is 0 Å². The van der Waals surface area contributed by atoms with Gasteiger partial charge in [0.2, 0.25) is 0 Å². The van der Waals surface area contributed by atoms with Crippen LogP contribution in [0.4, 0.5) is 8.78 Å². The molecule has 0 heterocycles. The Morgan fingerprint density at radius 3 is 1.83 bits per heavy atom. The molecule has 24 heavy (non-hydrogen) atoms. The van der Waals surface area contributed by atoms with E-state index in [1.165, 1.54) is 5.56 Å². The molecule has 0 radical (unpaired) electrons. The zero-order valence-electron chi connectivity index (χ0n) is 13.4. The standard InChI is InChI=1S/C19H21F2O2.W/c1-2-11-22-18-7-3-15(4-8-18)12-16-5-9-19(10-6-16)23-14-17(21)13-20;/h3-10,17H,1-2,11-14H2;/q-1;. The van der Waals surface area contributed by atoms with Crippen molar-refractivity contribution in [1.29, 1.82) is 0 Å². The minimum Gasteiger partial charge on any atom is -0.496 e. The van der Waals surface area contributed by atoms with Gasteiger partial charge in [0.1, 0.15) is 24.8 Å². The zero-order chi connectivity index (χ0) is 16.5. The predicted molar refractivity (Wildman–Crippen MR) is 87.5 cm³/mol. The van der Waals surface area contributed by atoms with Crippen molar-refractivity contribution in [3.05, 3.63) is 66.6 Å². The van der Waals surface area contributed by atoms with Gasteiger partial charge in [0.05, 0.1) is 6.61 Å². The Hall–Kier alpha value is -1.41. The maximum Gasteiger partial charge on any atom is 0.162 e. The van der Waals surface area contributed by atoms with Crippen LogP contribution >= 0.6 is 0 Å². The number of alkyl halides is 2. The summed E-state index contributed by atoms with van der Waals surface area (Å²) in [5, 5.41) is 0. The first kappa shape index (κ1) is 20.6. The second-order valence-corrected chi connectivity index (χ2v) is 5.23. The minimum absolute atomic E-state index is 0. The number of benzene rings is 2. The second-order valence-electron chi connectivity index (χ2n) is 5.23. The Morgan fingerprint density at radius 1 is 0.875 bits per heavy atom. The Labute approximate surface area is 156 Å². The van der Waals surface area contributed by atoms with Crippen molar-refractivity contribution in [1.82, 2.24) is 0 Å². The van der Waals surface area contributed by atoms with Crippen molar-refractivity contribution < 1.29 is 39.3 Å². The molecular formula is C19H21F2O2W-. The maximum absolute atomic E-state index is 12.8. The summed E-state index contributed by atoms with van der Waals surface area (Å²) in [6.07, 6.45) is -0.0459. The van der Waals surface area contributed by atoms with Crippen LogP contribution in [0.25, 0.3) is 0 Å². The van der Waals surface area contributed by atoms with E-state index in [9.17, 15) is 8.78 Å². The van der Waals surface area contributed by atoms with Gasteiger partial charge in [-0.3, -0.25) is 0 Å². The molecule has 0 aliphatic rings. The number of ether oxygens (including phenoxy) is 2. The molecule has 0 bridgehead atoms. The minimum atomic E-state index is -1.57. The summed E-state index contributed by atoms with van der Waals surface area (Å²) in [5.74, 6) is 1.39. The molecule has 1 unspecified atom stereocenters. The predicted octanol–water partition coefficient (Wildman–Crippen LogP) is 4.56. The van der Waals surface area contributed by atoms with Crippen molar-refractivity contribution in [2.75, 3.05) is 19.9 Å². The Balaban J connectivity index is 0.00000288. The zero-order valence-corrected chi connectivity index (χ0v) is 16.4. The van der Waals surface area contributed by atoms with Gasteiger partial charge in [-0.1, -0.05) is 24.3 Å². The molecule has 0 amide bonds. The average molecular weight is 503 g/mol. The molecule has 0 aliphatic carbocycles. The molecule has 2 rings (SSSR count). The Morgan fingerprint density at radius 2 is 1.38 bits per heavy atom. The first-order valence-electron chi connectivity index (χ1n) is 7.64. The molecule has 0 N–H and O–H groups in total. The third kappa shape index (κ3) is 7.00. The molecule has 2 nitrogen and oxygen atoms in total. The van der Waals surface area contributed by atoms with Crippen LogP contribution in [0.2, 0.25) is 0 Å². The van der Waals surface area contributed by atoms with Crippen LogP contribution in [0.15, 0.2) is 48.5 Å². The van der Waals surface area contributed by atoms with E-state index in [0.29, 0.717) is 12.4 Å². The normalized spacial score (nSPS) is 11.5. The largest absolute Gasteiger partial charge is 0.496 e. The average Bonchev–Trinajstić information content (AvgIpc) is 2.60. The summed E-state index contributed by atoms with van der Waals surface area (Å²) in [6, 6.07) is 15.3. The number of rotatable bonds is 9. The van der Waals surface area contributed by atoms with E-state index in [1.54, 1.807) is 12.1 Å². The van der Waals surface area contributed by atoms with Gasteiger partial charge in [-0.05, 0) is 41.8 Å². The van der Waals surface area contributed by atoms with E-state index in [-0.39, 0.29) is 27.7 Å². The van der Waals surface area contributed by atoms with Gasteiger partial charge in [-0.25, -0.2) is 8.78 Å². The van der Waals surface area contributed by atoms with Crippen LogP contribution in [0.1, 0.15) is 17.5 Å². The molecular weight excluding hydrogens is 482 g/mol. The van der Waals surface area contributed by atoms with E-state index >= 15 is 0 Å². The molecule has 2 aromatic carbocycles. The third-order valence-electron chi connectivity index (χ3n) is 3.27. The first-order valence-corrected chi connectivity index (χ1v) is 7.64. The quantitative estimate of drug-likeness (QED) is 0.468. The summed E-state index contributed by atoms with van der Waals surface area (Å²) in [6.45, 7) is 3.07. The molecule has 0 saturated carbocycles. The van der Waals surface area contributed by atoms with E-state index in [1.807, 2.05) is 36.4 Å². The fourth-order valence-corrected chi connectivity index (χ4v) is 2.06. The van der Waals surface area contributed by atoms with Gasteiger partial charge < -0.3 is 16.4 Å². The van der Waals surface area contributed by atoms with Gasteiger partial charge in [0, 0.05) is 21.1 Å². The molecule has 2 aromatic rings. The van der Waals surface area contributed by atoms with E-state index < -0.39 is 12.8 Å². The SMILES string of the molecule is [CH2-]CCOc1ccc(Cc2ccc(OCC(F)CF)cc2)cc1.[W]. The fraction of sp³-hybridized carbons (Fsp3) is 0.316. The summed E-state index contributed by atoms with van der Waals surface area (Å²) in [5.41, 5.74) is 2.29. The summed E-state index contributed by atoms with van der Waals surface area (Å²) in [7, 11) is 0. The molecule has 0 aromatic heterocycles. The van der Waals surface area contributed by atoms with Crippen LogP contribution in [-0.4, -0.2) is 26.1 Å². The number of halogens is 2. The smallest absolute Gasteiger partial charge is 0.162 e. The third-order valence-corrected chi connectivity index (χ3v) is 3.27. The van der Waals surface area contributed by atoms with Gasteiger partial charge in [-0.15, -0.1) is 6.42 Å². The molecule has 1 atom stereocenters. The maximum atomic E-state index is 12.8. The van der Waals surface area contributed by atoms with Gasteiger partial charge in [0.15, 0.2) is 6.17 Å². The van der Waals surface area contributed by atoms with Crippen LogP contribution in [0, 0.1) is 6.92 Å². The van der Waals surface area contributed by atoms with Crippen molar-refractivity contribution in [2.24, 2.45) is 0 Å². The molecule has 0 spiro atoms. The Bertz CT molecular complexity index is 573. The molecule has 0 aliphatic heterocycles. The summed E-state index contributed by atoms with van der Waals surface area (Å²) >= 11 is 0. The van der Waals surface area contributed by atoms with Crippen LogP contribution in [-0.2, 0) is 27.5 Å². The van der Waals surface area contributed by atoms with E-state index in [2.05, 4.69) is 6.92 Å². The van der Waals surface area contributed by atoms with Crippen LogP contribution < -0.4 is 9.47 Å². The molecule has 0 saturated heterocycles. The number of hydrogen-bond acceptors (Lipinski definition) is 2. The monoisotopic (exact) mass is 503 g/mol. The first-order chi connectivity index (χ1) is 11.2. The fourth-order valence-electron chi connectivity index (χ4n) is 2.06. The van der Waals surface area contributed by atoms with Gasteiger partial charge in [-0.2, -0.15) is 0 Å². The summed E-state index contributed by atoms with van der Waals surface area (Å²) < 4.78 is 35.5. The van der Waals surface area contributed by atoms with E-state index in [0.717, 1.165) is 24.2 Å². The van der Waals surface area contributed by atoms with Gasteiger partial charge >= 0.3 is 0 Å². The van der Waals surface area contributed by atoms with Crippen LogP contribution in [0.5, 0.6) is 11.5 Å². The molecule has 0 fully saturated rings. The van der Waals surface area contributed by atoms with Crippen molar-refractivity contribution >= 4 is 0 Å². The summed E-state index contributed by atoms with van der Waals surface area (Å²) in [4.78, 5) is 0.